The summed E-state index contributed by atoms with van der Waals surface area (Å²) in [6, 6.07) is 0. The highest BCUT2D eigenvalue weighted by Crippen LogP contribution is 2.45. The second-order valence-corrected chi connectivity index (χ2v) is 5.16. The molecule has 2 aliphatic rings. The molecule has 0 aromatic rings. The standard InChI is InChI=1S/C12H22O3/c1-3-12(2)10(13)6-11(12)15-8-9-4-5-14-7-9/h9-11,13H,3-8H2,1-2H3. The molecule has 1 heterocycles. The third kappa shape index (κ3) is 2.05. The number of ether oxygens (including phenoxy) is 2. The van der Waals surface area contributed by atoms with Crippen LogP contribution in [0.1, 0.15) is 33.1 Å². The summed E-state index contributed by atoms with van der Waals surface area (Å²) in [5.41, 5.74) is -0.0144. The van der Waals surface area contributed by atoms with E-state index < -0.39 is 0 Å². The summed E-state index contributed by atoms with van der Waals surface area (Å²) in [6.07, 6.45) is 2.99. The monoisotopic (exact) mass is 214 g/mol. The van der Waals surface area contributed by atoms with E-state index in [0.29, 0.717) is 5.92 Å². The van der Waals surface area contributed by atoms with Crippen molar-refractivity contribution in [2.24, 2.45) is 11.3 Å². The molecule has 0 aromatic carbocycles. The number of aliphatic hydroxyl groups excluding tert-OH is 1. The highest BCUT2D eigenvalue weighted by atomic mass is 16.5. The fourth-order valence-corrected chi connectivity index (χ4v) is 2.48. The van der Waals surface area contributed by atoms with E-state index in [-0.39, 0.29) is 17.6 Å². The molecule has 1 saturated heterocycles. The Hall–Kier alpha value is -0.120. The Kier molecular flexibility index (Phi) is 3.33. The lowest BCUT2D eigenvalue weighted by molar-refractivity contribution is -0.189. The molecule has 0 radical (unpaired) electrons. The summed E-state index contributed by atoms with van der Waals surface area (Å²) in [6.45, 7) is 6.77. The quantitative estimate of drug-likeness (QED) is 0.772. The molecule has 0 bridgehead atoms. The molecule has 0 amide bonds. The van der Waals surface area contributed by atoms with Crippen LogP contribution >= 0.6 is 0 Å². The lowest BCUT2D eigenvalue weighted by atomic mass is 9.63. The van der Waals surface area contributed by atoms with Crippen LogP contribution in [0.15, 0.2) is 0 Å². The topological polar surface area (TPSA) is 38.7 Å². The molecule has 3 heteroatoms. The minimum atomic E-state index is -0.174. The van der Waals surface area contributed by atoms with Gasteiger partial charge in [0.2, 0.25) is 0 Å². The van der Waals surface area contributed by atoms with Gasteiger partial charge in [0.25, 0.3) is 0 Å². The molecule has 3 nitrogen and oxygen atoms in total. The van der Waals surface area contributed by atoms with Crippen molar-refractivity contribution in [3.8, 4) is 0 Å². The number of rotatable bonds is 4. The van der Waals surface area contributed by atoms with E-state index in [1.165, 1.54) is 0 Å². The zero-order valence-corrected chi connectivity index (χ0v) is 9.74. The van der Waals surface area contributed by atoms with E-state index in [1.54, 1.807) is 0 Å². The Morgan fingerprint density at radius 2 is 2.33 bits per heavy atom. The average molecular weight is 214 g/mol. The van der Waals surface area contributed by atoms with E-state index in [4.69, 9.17) is 9.47 Å². The number of hydrogen-bond donors (Lipinski definition) is 1. The van der Waals surface area contributed by atoms with Crippen LogP contribution in [0.4, 0.5) is 0 Å². The molecule has 88 valence electrons. The van der Waals surface area contributed by atoms with Crippen molar-refractivity contribution >= 4 is 0 Å². The van der Waals surface area contributed by atoms with Crippen LogP contribution in [-0.4, -0.2) is 37.1 Å². The van der Waals surface area contributed by atoms with Gasteiger partial charge < -0.3 is 14.6 Å². The van der Waals surface area contributed by atoms with Gasteiger partial charge in [0.15, 0.2) is 0 Å². The van der Waals surface area contributed by atoms with Crippen LogP contribution in [0.5, 0.6) is 0 Å². The van der Waals surface area contributed by atoms with Gasteiger partial charge in [-0.3, -0.25) is 0 Å². The zero-order chi connectivity index (χ0) is 10.9. The normalized spacial score (nSPS) is 45.4. The van der Waals surface area contributed by atoms with E-state index in [0.717, 1.165) is 39.1 Å². The van der Waals surface area contributed by atoms with Crippen LogP contribution in [0.2, 0.25) is 0 Å². The minimum Gasteiger partial charge on any atom is -0.392 e. The molecule has 4 atom stereocenters. The lowest BCUT2D eigenvalue weighted by Gasteiger charge is -2.51. The predicted octanol–water partition coefficient (Wildman–Crippen LogP) is 1.59. The Morgan fingerprint density at radius 1 is 1.53 bits per heavy atom. The van der Waals surface area contributed by atoms with Crippen LogP contribution in [-0.2, 0) is 9.47 Å². The molecule has 0 spiro atoms. The van der Waals surface area contributed by atoms with Crippen LogP contribution in [0, 0.1) is 11.3 Å². The molecule has 4 unspecified atom stereocenters. The van der Waals surface area contributed by atoms with Crippen molar-refractivity contribution in [1.82, 2.24) is 0 Å². The maximum atomic E-state index is 9.72. The van der Waals surface area contributed by atoms with Gasteiger partial charge in [-0.05, 0) is 12.8 Å². The number of hydrogen-bond acceptors (Lipinski definition) is 3. The molecular weight excluding hydrogens is 192 g/mol. The Labute approximate surface area is 91.8 Å². The minimum absolute atomic E-state index is 0.0144. The van der Waals surface area contributed by atoms with Gasteiger partial charge in [-0.1, -0.05) is 13.8 Å². The fourth-order valence-electron chi connectivity index (χ4n) is 2.48. The van der Waals surface area contributed by atoms with E-state index in [2.05, 4.69) is 13.8 Å². The molecule has 2 rings (SSSR count). The second kappa shape index (κ2) is 4.40. The highest BCUT2D eigenvalue weighted by molar-refractivity contribution is 5.00. The van der Waals surface area contributed by atoms with Gasteiger partial charge >= 0.3 is 0 Å². The summed E-state index contributed by atoms with van der Waals surface area (Å²) >= 11 is 0. The van der Waals surface area contributed by atoms with Gasteiger partial charge in [0.05, 0.1) is 25.4 Å². The average Bonchev–Trinajstić information content (AvgIpc) is 2.75. The first kappa shape index (κ1) is 11.4. The van der Waals surface area contributed by atoms with E-state index >= 15 is 0 Å². The maximum Gasteiger partial charge on any atom is 0.0678 e. The van der Waals surface area contributed by atoms with Crippen molar-refractivity contribution in [3.63, 3.8) is 0 Å². The van der Waals surface area contributed by atoms with Gasteiger partial charge in [0.1, 0.15) is 0 Å². The third-order valence-electron chi connectivity index (χ3n) is 4.25. The summed E-state index contributed by atoms with van der Waals surface area (Å²) in [5.74, 6) is 0.573. The molecular formula is C12H22O3. The van der Waals surface area contributed by atoms with Crippen molar-refractivity contribution in [2.45, 2.75) is 45.3 Å². The number of aliphatic hydroxyl groups is 1. The van der Waals surface area contributed by atoms with Crippen molar-refractivity contribution in [2.75, 3.05) is 19.8 Å². The van der Waals surface area contributed by atoms with Crippen molar-refractivity contribution in [3.05, 3.63) is 0 Å². The fraction of sp³-hybridized carbons (Fsp3) is 1.00. The Morgan fingerprint density at radius 3 is 2.87 bits per heavy atom. The van der Waals surface area contributed by atoms with Crippen LogP contribution in [0.25, 0.3) is 0 Å². The summed E-state index contributed by atoms with van der Waals surface area (Å²) in [5, 5.41) is 9.72. The second-order valence-electron chi connectivity index (χ2n) is 5.16. The molecule has 1 saturated carbocycles. The van der Waals surface area contributed by atoms with Crippen molar-refractivity contribution < 1.29 is 14.6 Å². The first-order valence-electron chi connectivity index (χ1n) is 6.04. The Bertz CT molecular complexity index is 213. The first-order valence-corrected chi connectivity index (χ1v) is 6.04. The summed E-state index contributed by atoms with van der Waals surface area (Å²) < 4.78 is 11.2. The molecule has 1 N–H and O–H groups in total. The zero-order valence-electron chi connectivity index (χ0n) is 9.74. The van der Waals surface area contributed by atoms with Gasteiger partial charge in [0, 0.05) is 24.4 Å². The Balaban J connectivity index is 1.75. The molecule has 2 fully saturated rings. The molecule has 15 heavy (non-hydrogen) atoms. The largest absolute Gasteiger partial charge is 0.392 e. The van der Waals surface area contributed by atoms with E-state index in [9.17, 15) is 5.11 Å². The first-order chi connectivity index (χ1) is 7.16. The summed E-state index contributed by atoms with van der Waals surface area (Å²) in [7, 11) is 0. The van der Waals surface area contributed by atoms with Gasteiger partial charge in [-0.2, -0.15) is 0 Å². The van der Waals surface area contributed by atoms with E-state index in [1.807, 2.05) is 0 Å². The van der Waals surface area contributed by atoms with Crippen LogP contribution < -0.4 is 0 Å². The SMILES string of the molecule is CCC1(C)C(O)CC1OCC1CCOC1. The third-order valence-corrected chi connectivity index (χ3v) is 4.25. The van der Waals surface area contributed by atoms with Gasteiger partial charge in [-0.25, -0.2) is 0 Å². The molecule has 1 aliphatic heterocycles. The molecule has 0 aromatic heterocycles. The summed E-state index contributed by atoms with van der Waals surface area (Å²) in [4.78, 5) is 0. The molecule has 1 aliphatic carbocycles. The van der Waals surface area contributed by atoms with Gasteiger partial charge in [-0.15, -0.1) is 0 Å². The highest BCUT2D eigenvalue weighted by Gasteiger charge is 2.50. The van der Waals surface area contributed by atoms with Crippen LogP contribution in [0.3, 0.4) is 0 Å². The predicted molar refractivity (Wildman–Crippen MR) is 57.7 cm³/mol. The van der Waals surface area contributed by atoms with Crippen molar-refractivity contribution in [1.29, 1.82) is 0 Å². The lowest BCUT2D eigenvalue weighted by Crippen LogP contribution is -2.56. The maximum absolute atomic E-state index is 9.72. The smallest absolute Gasteiger partial charge is 0.0678 e.